The molecule has 0 bridgehead atoms. The molecule has 0 fully saturated rings. The van der Waals surface area contributed by atoms with E-state index in [9.17, 15) is 0 Å². The SMILES string of the molecule is C.C.C.CCCC.[Ar].[Ar].[Ar].[Ar].[Ar].[Ar].[CH2-]C.[CH2-]C.[CH2-]CC.[CH3-].[Pt].[Pt].[W].[Y]. The van der Waals surface area contributed by atoms with Crippen molar-refractivity contribution in [1.82, 2.24) is 0 Å². The van der Waals surface area contributed by atoms with Crippen molar-refractivity contribution < 1.29 is 322 Å². The van der Waals surface area contributed by atoms with Crippen LogP contribution >= 0.6 is 0 Å². The second-order valence-electron chi connectivity index (χ2n) is 1.50. The standard InChI is InChI=1S/C4H10.C3H7.2C2H5.3CH4.CH3.6Ar.2Pt.W.Y/c1-3-4-2;1-3-2;2*1-2;;;;;;;;;;;;;;/h3-4H2,1-2H3;1,3H2,2H3;2*1H2,2H3;3*1H4;1H3;;;;;;;;;;/q;3*-1;;;;-1;;;;;;;;;;. The molecular formula is C15H42Ar6Pt2WY-4. The molecule has 183 valence electrons. The van der Waals surface area contributed by atoms with Crippen molar-refractivity contribution in [3.05, 3.63) is 28.2 Å². The summed E-state index contributed by atoms with van der Waals surface area (Å²) in [7, 11) is 0. The van der Waals surface area contributed by atoms with Crippen molar-refractivity contribution in [2.75, 3.05) is 0 Å². The van der Waals surface area contributed by atoms with Crippen LogP contribution in [0, 0.1) is 255 Å². The zero-order valence-electron chi connectivity index (χ0n) is 14.0. The first kappa shape index (κ1) is 137. The second-order valence-corrected chi connectivity index (χ2v) is 1.50. The topological polar surface area (TPSA) is 0 Å². The quantitative estimate of drug-likeness (QED) is 0.247. The Labute approximate surface area is 414 Å². The normalized spacial score (nSPS) is 2.40. The van der Waals surface area contributed by atoms with Crippen LogP contribution in [0.15, 0.2) is 0 Å². The van der Waals surface area contributed by atoms with Gasteiger partial charge in [-0.3, -0.25) is 0 Å². The third-order valence-corrected chi connectivity index (χ3v) is 0.500. The van der Waals surface area contributed by atoms with E-state index in [1.807, 2.05) is 6.92 Å². The largest absolute Gasteiger partial charge is 0.358 e. The van der Waals surface area contributed by atoms with E-state index in [0.29, 0.717) is 0 Å². The van der Waals surface area contributed by atoms with Crippen molar-refractivity contribution in [3.8, 4) is 0 Å². The average molecular weight is 1130 g/mol. The predicted molar refractivity (Wildman–Crippen MR) is 84.9 cm³/mol. The van der Waals surface area contributed by atoms with Crippen molar-refractivity contribution in [1.29, 1.82) is 0 Å². The summed E-state index contributed by atoms with van der Waals surface area (Å²) in [6.45, 7) is 19.9. The molecule has 0 N–H and O–H groups in total. The fraction of sp³-hybridized carbons (Fsp3) is 0.733. The van der Waals surface area contributed by atoms with Crippen LogP contribution in [0.5, 0.6) is 0 Å². The zero-order valence-corrected chi connectivity index (χ0v) is 28.5. The van der Waals surface area contributed by atoms with Gasteiger partial charge in [-0.05, 0) is 0 Å². The molecule has 1 radical (unpaired) electrons. The van der Waals surface area contributed by atoms with E-state index in [2.05, 4.69) is 34.6 Å². The van der Waals surface area contributed by atoms with Gasteiger partial charge in [-0.25, -0.2) is 0 Å². The second kappa shape index (κ2) is 210. The van der Waals surface area contributed by atoms with Crippen LogP contribution in [0.1, 0.15) is 76.2 Å². The Kier molecular flexibility index (Phi) is 1150. The van der Waals surface area contributed by atoms with Crippen LogP contribution in [-0.4, -0.2) is 0 Å². The molecule has 0 aliphatic rings. The third-order valence-electron chi connectivity index (χ3n) is 0.500. The van der Waals surface area contributed by atoms with Gasteiger partial charge in [-0.15, -0.1) is 0 Å². The van der Waals surface area contributed by atoms with Crippen molar-refractivity contribution >= 4 is 0 Å². The molecule has 0 saturated heterocycles. The van der Waals surface area contributed by atoms with Gasteiger partial charge in [0.2, 0.25) is 0 Å². The molecule has 25 heavy (non-hydrogen) atoms. The van der Waals surface area contributed by atoms with E-state index < -0.39 is 0 Å². The summed E-state index contributed by atoms with van der Waals surface area (Å²) in [5.41, 5.74) is 0. The van der Waals surface area contributed by atoms with Gasteiger partial charge in [-0.1, -0.05) is 55.9 Å². The zero-order chi connectivity index (χ0) is 10.1. The minimum atomic E-state index is 0. The monoisotopic (exact) mass is 1120 g/mol. The minimum absolute atomic E-state index is 0. The smallest absolute Gasteiger partial charge is 0 e. The Bertz CT molecular complexity index is 47.5. The van der Waals surface area contributed by atoms with Gasteiger partial charge in [0.1, 0.15) is 0 Å². The van der Waals surface area contributed by atoms with E-state index in [1.165, 1.54) is 12.8 Å². The number of hydrogen-bond acceptors (Lipinski definition) is 0. The summed E-state index contributed by atoms with van der Waals surface area (Å²) in [4.78, 5) is 0. The Morgan fingerprint density at radius 2 is 0.600 bits per heavy atom. The van der Waals surface area contributed by atoms with Gasteiger partial charge < -0.3 is 28.2 Å². The van der Waals surface area contributed by atoms with Crippen LogP contribution in [0.4, 0.5) is 0 Å². The Hall–Kier alpha value is 10.7. The molecule has 0 saturated carbocycles. The molecule has 0 unspecified atom stereocenters. The Balaban J connectivity index is -0.00000000140. The first-order chi connectivity index (χ1) is 5.33. The van der Waals surface area contributed by atoms with Crippen molar-refractivity contribution in [2.24, 2.45) is 0 Å². The van der Waals surface area contributed by atoms with Gasteiger partial charge in [0.05, 0.1) is 0 Å². The molecular weight excluding hydrogens is 1080 g/mol. The summed E-state index contributed by atoms with van der Waals surface area (Å²) in [6.07, 6.45) is 3.64. The molecule has 0 aromatic rings. The molecule has 0 aromatic carbocycles. The van der Waals surface area contributed by atoms with Crippen LogP contribution in [0.3, 0.4) is 0 Å². The molecule has 0 nitrogen and oxygen atoms in total. The van der Waals surface area contributed by atoms with Gasteiger partial charge in [0.15, 0.2) is 0 Å². The maximum atomic E-state index is 3.49. The van der Waals surface area contributed by atoms with E-state index >= 15 is 0 Å². The average Bonchev–Trinajstić information content (AvgIpc) is 2.12. The van der Waals surface area contributed by atoms with E-state index in [0.717, 1.165) is 6.42 Å². The van der Waals surface area contributed by atoms with E-state index in [1.54, 1.807) is 13.8 Å². The first-order valence-electron chi connectivity index (χ1n) is 4.54. The van der Waals surface area contributed by atoms with Crippen LogP contribution in [0.2, 0.25) is 0 Å². The molecule has 0 aromatic heterocycles. The molecule has 10 heteroatoms. The van der Waals surface area contributed by atoms with Gasteiger partial charge >= 0.3 is 0 Å². The van der Waals surface area contributed by atoms with Crippen LogP contribution < -0.4 is 0 Å². The molecule has 0 atom stereocenters. The molecule has 0 spiro atoms. The number of rotatable bonds is 1. The number of hydrogen-bond donors (Lipinski definition) is 0. The fourth-order valence-electron chi connectivity index (χ4n) is 0. The van der Waals surface area contributed by atoms with Crippen molar-refractivity contribution in [3.63, 3.8) is 0 Å². The molecule has 0 heterocycles. The maximum Gasteiger partial charge on any atom is 0 e. The van der Waals surface area contributed by atoms with Crippen molar-refractivity contribution in [2.45, 2.75) is 76.2 Å². The minimum Gasteiger partial charge on any atom is -0.358 e. The molecule has 0 aliphatic heterocycles. The Morgan fingerprint density at radius 1 is 0.560 bits per heavy atom. The summed E-state index contributed by atoms with van der Waals surface area (Å²) in [5.74, 6) is 0. The van der Waals surface area contributed by atoms with E-state index in [-0.39, 0.29) is 352 Å². The Morgan fingerprint density at radius 3 is 0.600 bits per heavy atom. The summed E-state index contributed by atoms with van der Waals surface area (Å²) >= 11 is 0. The van der Waals surface area contributed by atoms with Gasteiger partial charge in [0.25, 0.3) is 0 Å². The third kappa shape index (κ3) is 270. The number of unbranched alkanes of at least 4 members (excludes halogenated alkanes) is 1. The van der Waals surface area contributed by atoms with E-state index in [4.69, 9.17) is 0 Å². The molecule has 0 amide bonds. The maximum absolute atomic E-state index is 3.49. The van der Waals surface area contributed by atoms with Crippen LogP contribution in [0.25, 0.3) is 0 Å². The summed E-state index contributed by atoms with van der Waals surface area (Å²) < 4.78 is 0. The summed E-state index contributed by atoms with van der Waals surface area (Å²) in [5, 5.41) is 0. The fourth-order valence-corrected chi connectivity index (χ4v) is 0. The molecule has 0 aliphatic carbocycles. The first-order valence-corrected chi connectivity index (χ1v) is 4.54. The summed E-state index contributed by atoms with van der Waals surface area (Å²) in [6, 6.07) is 0. The predicted octanol–water partition coefficient (Wildman–Crippen LogP) is 7.07. The van der Waals surface area contributed by atoms with Gasteiger partial charge in [-0.2, -0.15) is 20.3 Å². The van der Waals surface area contributed by atoms with Gasteiger partial charge in [0, 0.05) is 322 Å². The van der Waals surface area contributed by atoms with Crippen LogP contribution in [-0.2, 0) is 95.9 Å². The molecule has 0 rings (SSSR count).